The summed E-state index contributed by atoms with van der Waals surface area (Å²) in [5.74, 6) is 2.14. The monoisotopic (exact) mass is 345 g/mol. The number of nitrogens with zero attached hydrogens (tertiary/aromatic N) is 5. The summed E-state index contributed by atoms with van der Waals surface area (Å²) in [7, 11) is 6.75. The molecule has 1 saturated heterocycles. The summed E-state index contributed by atoms with van der Waals surface area (Å²) in [5.41, 5.74) is 0.800. The van der Waals surface area contributed by atoms with Gasteiger partial charge in [0, 0.05) is 51.7 Å². The summed E-state index contributed by atoms with van der Waals surface area (Å²) in [4.78, 5) is 26.5. The third-order valence-corrected chi connectivity index (χ3v) is 4.35. The number of fused-ring (bicyclic) bond motifs is 1. The zero-order chi connectivity index (χ0) is 18.0. The lowest BCUT2D eigenvalue weighted by Gasteiger charge is -2.36. The third kappa shape index (κ3) is 3.24. The van der Waals surface area contributed by atoms with Crippen LogP contribution in [0.15, 0.2) is 18.5 Å². The molecule has 2 heterocycles. The van der Waals surface area contributed by atoms with Crippen LogP contribution in [0, 0.1) is 0 Å². The van der Waals surface area contributed by atoms with Crippen LogP contribution in [0.2, 0.25) is 0 Å². The number of carbonyl (C=O) groups excluding carboxylic acids is 1. The Morgan fingerprint density at radius 2 is 1.68 bits per heavy atom. The van der Waals surface area contributed by atoms with E-state index in [-0.39, 0.29) is 6.03 Å². The summed E-state index contributed by atoms with van der Waals surface area (Å²) >= 11 is 0. The molecule has 2 aromatic rings. The summed E-state index contributed by atoms with van der Waals surface area (Å²) in [6.45, 7) is 2.77. The molecule has 0 bridgehead atoms. The highest BCUT2D eigenvalue weighted by Gasteiger charge is 2.24. The molecule has 0 saturated carbocycles. The van der Waals surface area contributed by atoms with E-state index in [0.717, 1.165) is 29.8 Å². The average molecular weight is 345 g/mol. The molecule has 0 radical (unpaired) electrons. The van der Waals surface area contributed by atoms with Crippen molar-refractivity contribution in [3.05, 3.63) is 18.5 Å². The van der Waals surface area contributed by atoms with Gasteiger partial charge in [-0.15, -0.1) is 0 Å². The van der Waals surface area contributed by atoms with Gasteiger partial charge in [0.25, 0.3) is 0 Å². The first-order chi connectivity index (χ1) is 12.0. The molecule has 1 aliphatic rings. The number of hydrogen-bond donors (Lipinski definition) is 0. The fraction of sp³-hybridized carbons (Fsp3) is 0.471. The maximum atomic E-state index is 12.1. The number of ether oxygens (including phenoxy) is 2. The predicted molar refractivity (Wildman–Crippen MR) is 95.5 cm³/mol. The van der Waals surface area contributed by atoms with E-state index in [9.17, 15) is 4.79 Å². The Balaban J connectivity index is 1.88. The number of rotatable bonds is 3. The van der Waals surface area contributed by atoms with Crippen LogP contribution < -0.4 is 14.4 Å². The zero-order valence-corrected chi connectivity index (χ0v) is 15.0. The molecule has 1 aromatic heterocycles. The van der Waals surface area contributed by atoms with Crippen molar-refractivity contribution in [2.75, 3.05) is 59.4 Å². The maximum Gasteiger partial charge on any atom is 0.319 e. The molecule has 2 amide bonds. The molecule has 0 unspecified atom stereocenters. The van der Waals surface area contributed by atoms with Crippen molar-refractivity contribution >= 4 is 22.8 Å². The van der Waals surface area contributed by atoms with Crippen LogP contribution in [0.3, 0.4) is 0 Å². The van der Waals surface area contributed by atoms with Gasteiger partial charge in [-0.25, -0.2) is 14.8 Å². The minimum Gasteiger partial charge on any atom is -0.493 e. The highest BCUT2D eigenvalue weighted by Crippen LogP contribution is 2.34. The molecule has 0 spiro atoms. The molecular weight excluding hydrogens is 322 g/mol. The van der Waals surface area contributed by atoms with E-state index in [1.807, 2.05) is 17.0 Å². The molecular formula is C17H23N5O3. The number of aromatic nitrogens is 2. The third-order valence-electron chi connectivity index (χ3n) is 4.35. The van der Waals surface area contributed by atoms with Crippen LogP contribution in [-0.4, -0.2) is 80.3 Å². The molecule has 0 atom stereocenters. The van der Waals surface area contributed by atoms with E-state index in [2.05, 4.69) is 14.9 Å². The van der Waals surface area contributed by atoms with Crippen molar-refractivity contribution in [1.29, 1.82) is 0 Å². The molecule has 8 nitrogen and oxygen atoms in total. The number of amides is 2. The Kier molecular flexibility index (Phi) is 4.78. The molecule has 25 heavy (non-hydrogen) atoms. The molecule has 8 heteroatoms. The first-order valence-electron chi connectivity index (χ1n) is 8.13. The first-order valence-corrected chi connectivity index (χ1v) is 8.13. The second-order valence-electron chi connectivity index (χ2n) is 6.07. The molecule has 1 aromatic carbocycles. The number of benzene rings is 1. The van der Waals surface area contributed by atoms with Gasteiger partial charge in [-0.3, -0.25) is 0 Å². The topological polar surface area (TPSA) is 71.0 Å². The van der Waals surface area contributed by atoms with Crippen molar-refractivity contribution in [2.45, 2.75) is 0 Å². The molecule has 134 valence electrons. The molecule has 0 N–H and O–H groups in total. The first kappa shape index (κ1) is 17.1. The Bertz CT molecular complexity index is 772. The number of methoxy groups -OCH3 is 2. The maximum absolute atomic E-state index is 12.1. The van der Waals surface area contributed by atoms with Crippen LogP contribution in [0.4, 0.5) is 10.6 Å². The lowest BCUT2D eigenvalue weighted by atomic mass is 10.2. The van der Waals surface area contributed by atoms with Gasteiger partial charge in [0.15, 0.2) is 11.5 Å². The van der Waals surface area contributed by atoms with E-state index in [1.54, 1.807) is 39.5 Å². The van der Waals surface area contributed by atoms with Crippen LogP contribution in [0.5, 0.6) is 11.5 Å². The summed E-state index contributed by atoms with van der Waals surface area (Å²) in [6, 6.07) is 3.80. The van der Waals surface area contributed by atoms with E-state index < -0.39 is 0 Å². The number of anilines is 1. The fourth-order valence-corrected chi connectivity index (χ4v) is 3.01. The number of piperazine rings is 1. The summed E-state index contributed by atoms with van der Waals surface area (Å²) in [5, 5.41) is 0.910. The van der Waals surface area contributed by atoms with Gasteiger partial charge in [0.2, 0.25) is 0 Å². The summed E-state index contributed by atoms with van der Waals surface area (Å²) in [6.07, 6.45) is 1.56. The second-order valence-corrected chi connectivity index (χ2v) is 6.07. The van der Waals surface area contributed by atoms with Crippen LogP contribution in [-0.2, 0) is 0 Å². The normalized spacial score (nSPS) is 14.6. The smallest absolute Gasteiger partial charge is 0.319 e. The van der Waals surface area contributed by atoms with Crippen molar-refractivity contribution in [3.63, 3.8) is 0 Å². The lowest BCUT2D eigenvalue weighted by Crippen LogP contribution is -2.51. The average Bonchev–Trinajstić information content (AvgIpc) is 2.65. The predicted octanol–water partition coefficient (Wildman–Crippen LogP) is 1.45. The van der Waals surface area contributed by atoms with Gasteiger partial charge >= 0.3 is 6.03 Å². The van der Waals surface area contributed by atoms with Crippen LogP contribution in [0.25, 0.3) is 10.9 Å². The molecule has 3 rings (SSSR count). The minimum absolute atomic E-state index is 0.0404. The Labute approximate surface area is 146 Å². The minimum atomic E-state index is 0.0404. The van der Waals surface area contributed by atoms with Crippen molar-refractivity contribution in [2.24, 2.45) is 0 Å². The van der Waals surface area contributed by atoms with E-state index in [0.29, 0.717) is 24.6 Å². The van der Waals surface area contributed by atoms with Gasteiger partial charge < -0.3 is 24.2 Å². The highest BCUT2D eigenvalue weighted by molar-refractivity contribution is 5.92. The quantitative estimate of drug-likeness (QED) is 0.839. The Hall–Kier alpha value is -2.77. The van der Waals surface area contributed by atoms with Gasteiger partial charge in [-0.2, -0.15) is 0 Å². The van der Waals surface area contributed by atoms with E-state index in [1.165, 1.54) is 0 Å². The SMILES string of the molecule is COc1cc2ncnc(N3CCN(C(=O)N(C)C)CC3)c2cc1OC. The Morgan fingerprint density at radius 1 is 1.04 bits per heavy atom. The van der Waals surface area contributed by atoms with E-state index in [4.69, 9.17) is 9.47 Å². The van der Waals surface area contributed by atoms with Gasteiger partial charge in [-0.1, -0.05) is 0 Å². The Morgan fingerprint density at radius 3 is 2.28 bits per heavy atom. The summed E-state index contributed by atoms with van der Waals surface area (Å²) < 4.78 is 10.7. The van der Waals surface area contributed by atoms with Gasteiger partial charge in [0.05, 0.1) is 19.7 Å². The standard InChI is InChI=1S/C17H23N5O3/c1-20(2)17(23)22-7-5-21(6-8-22)16-12-9-14(24-3)15(25-4)10-13(12)18-11-19-16/h9-11H,5-8H2,1-4H3. The highest BCUT2D eigenvalue weighted by atomic mass is 16.5. The second kappa shape index (κ2) is 7.00. The zero-order valence-electron chi connectivity index (χ0n) is 15.0. The van der Waals surface area contributed by atoms with Crippen LogP contribution in [0.1, 0.15) is 0 Å². The molecule has 1 fully saturated rings. The van der Waals surface area contributed by atoms with Crippen molar-refractivity contribution in [1.82, 2.24) is 19.8 Å². The lowest BCUT2D eigenvalue weighted by molar-refractivity contribution is 0.168. The number of hydrogen-bond acceptors (Lipinski definition) is 6. The van der Waals surface area contributed by atoms with Crippen molar-refractivity contribution < 1.29 is 14.3 Å². The van der Waals surface area contributed by atoms with E-state index >= 15 is 0 Å². The number of carbonyl (C=O) groups is 1. The largest absolute Gasteiger partial charge is 0.493 e. The van der Waals surface area contributed by atoms with Gasteiger partial charge in [0.1, 0.15) is 12.1 Å². The van der Waals surface area contributed by atoms with Gasteiger partial charge in [-0.05, 0) is 6.07 Å². The molecule has 1 aliphatic heterocycles. The molecule has 0 aliphatic carbocycles. The fourth-order valence-electron chi connectivity index (χ4n) is 3.01. The van der Waals surface area contributed by atoms with Crippen LogP contribution >= 0.6 is 0 Å². The number of urea groups is 1. The van der Waals surface area contributed by atoms with Crippen molar-refractivity contribution in [3.8, 4) is 11.5 Å².